The molecule has 1 amide bonds. The van der Waals surface area contributed by atoms with Crippen molar-refractivity contribution in [3.63, 3.8) is 0 Å². The normalized spacial score (nSPS) is 12.2. The fraction of sp³-hybridized carbons (Fsp3) is 0.650. The van der Waals surface area contributed by atoms with Crippen LogP contribution in [0.2, 0.25) is 0 Å². The third-order valence-electron chi connectivity index (χ3n) is 4.46. The number of rotatable bonds is 11. The van der Waals surface area contributed by atoms with Gasteiger partial charge in [0.15, 0.2) is 0 Å². The molecular weight excluding hydrogens is 384 g/mol. The molecule has 0 atom stereocenters. The van der Waals surface area contributed by atoms with Crippen LogP contribution in [0.25, 0.3) is 0 Å². The third-order valence-corrected chi connectivity index (χ3v) is 4.46. The Kier molecular flexibility index (Phi) is 9.82. The summed E-state index contributed by atoms with van der Waals surface area (Å²) in [5.74, 6) is -1.14. The van der Waals surface area contributed by atoms with Crippen LogP contribution in [0.5, 0.6) is 0 Å². The zero-order chi connectivity index (χ0) is 21.2. The lowest BCUT2D eigenvalue weighted by Crippen LogP contribution is -2.27. The van der Waals surface area contributed by atoms with Crippen LogP contribution in [-0.2, 0) is 12.4 Å². The molecule has 0 aliphatic rings. The van der Waals surface area contributed by atoms with Crippen LogP contribution in [-0.4, -0.2) is 12.5 Å². The van der Waals surface area contributed by atoms with Crippen molar-refractivity contribution in [1.82, 2.24) is 5.32 Å². The highest BCUT2D eigenvalue weighted by Gasteiger charge is 2.38. The fourth-order valence-electron chi connectivity index (χ4n) is 2.89. The molecule has 1 aromatic rings. The topological polar surface area (TPSA) is 29.1 Å². The quantitative estimate of drug-likeness (QED) is 0.309. The van der Waals surface area contributed by atoms with E-state index in [0.29, 0.717) is 18.6 Å². The van der Waals surface area contributed by atoms with Crippen molar-refractivity contribution in [2.75, 3.05) is 6.54 Å². The number of hydrogen-bond acceptors (Lipinski definition) is 1. The summed E-state index contributed by atoms with van der Waals surface area (Å²) in [7, 11) is 0. The minimum atomic E-state index is -4.91. The Labute approximate surface area is 161 Å². The smallest absolute Gasteiger partial charge is 0.352 e. The Hall–Kier alpha value is -1.73. The summed E-state index contributed by atoms with van der Waals surface area (Å²) in [5.41, 5.74) is -3.66. The summed E-state index contributed by atoms with van der Waals surface area (Å²) in [6.45, 7) is 2.27. The molecule has 0 bridgehead atoms. The second-order valence-corrected chi connectivity index (χ2v) is 6.84. The van der Waals surface area contributed by atoms with Crippen molar-refractivity contribution in [2.45, 2.75) is 77.1 Å². The van der Waals surface area contributed by atoms with Crippen LogP contribution in [0.1, 0.15) is 86.2 Å². The largest absolute Gasteiger partial charge is 0.417 e. The van der Waals surface area contributed by atoms with Gasteiger partial charge in [-0.2, -0.15) is 26.3 Å². The number of hydrogen-bond donors (Lipinski definition) is 1. The minimum absolute atomic E-state index is 0.127. The van der Waals surface area contributed by atoms with Gasteiger partial charge in [-0.05, 0) is 24.6 Å². The van der Waals surface area contributed by atoms with Gasteiger partial charge in [0.25, 0.3) is 5.91 Å². The van der Waals surface area contributed by atoms with Gasteiger partial charge < -0.3 is 5.32 Å². The summed E-state index contributed by atoms with van der Waals surface area (Å²) >= 11 is 0. The second-order valence-electron chi connectivity index (χ2n) is 6.84. The molecular formula is C20H27F6NO. The molecule has 1 N–H and O–H groups in total. The number of nitrogens with one attached hydrogen (secondary N) is 1. The van der Waals surface area contributed by atoms with E-state index in [-0.39, 0.29) is 12.6 Å². The lowest BCUT2D eigenvalue weighted by atomic mass is 10.0. The fourth-order valence-corrected chi connectivity index (χ4v) is 2.89. The van der Waals surface area contributed by atoms with E-state index in [1.165, 1.54) is 25.7 Å². The Bertz CT molecular complexity index is 610. The molecule has 0 spiro atoms. The van der Waals surface area contributed by atoms with Crippen molar-refractivity contribution >= 4 is 5.91 Å². The van der Waals surface area contributed by atoms with Gasteiger partial charge in [-0.3, -0.25) is 4.79 Å². The summed E-state index contributed by atoms with van der Waals surface area (Å²) in [4.78, 5) is 12.0. The standard InChI is InChI=1S/C20H27F6NO/c1-2-3-4-5-6-7-8-9-10-13-27-18(28)16-14-15(19(21,22)23)11-12-17(16)20(24,25)26/h11-12,14H,2-10,13H2,1H3,(H,27,28). The van der Waals surface area contributed by atoms with Crippen molar-refractivity contribution in [3.05, 3.63) is 34.9 Å². The van der Waals surface area contributed by atoms with Gasteiger partial charge in [0, 0.05) is 6.54 Å². The van der Waals surface area contributed by atoms with Gasteiger partial charge in [0.1, 0.15) is 0 Å². The SMILES string of the molecule is CCCCCCCCCCCNC(=O)c1cc(C(F)(F)F)ccc1C(F)(F)F. The monoisotopic (exact) mass is 411 g/mol. The summed E-state index contributed by atoms with van der Waals surface area (Å²) in [6, 6.07) is 0.894. The van der Waals surface area contributed by atoms with Crippen LogP contribution >= 0.6 is 0 Å². The highest BCUT2D eigenvalue weighted by Crippen LogP contribution is 2.36. The van der Waals surface area contributed by atoms with E-state index in [1.807, 2.05) is 0 Å². The van der Waals surface area contributed by atoms with Crippen LogP contribution < -0.4 is 5.32 Å². The van der Waals surface area contributed by atoms with Gasteiger partial charge in [-0.25, -0.2) is 0 Å². The van der Waals surface area contributed by atoms with Crippen molar-refractivity contribution in [1.29, 1.82) is 0 Å². The summed E-state index contributed by atoms with van der Waals surface area (Å²) < 4.78 is 77.4. The first-order valence-electron chi connectivity index (χ1n) is 9.64. The van der Waals surface area contributed by atoms with E-state index in [9.17, 15) is 31.1 Å². The van der Waals surface area contributed by atoms with Crippen molar-refractivity contribution < 1.29 is 31.1 Å². The molecule has 2 nitrogen and oxygen atoms in total. The molecule has 0 saturated carbocycles. The molecule has 1 aromatic carbocycles. The number of carbonyl (C=O) groups is 1. The van der Waals surface area contributed by atoms with Gasteiger partial charge >= 0.3 is 12.4 Å². The number of benzene rings is 1. The second kappa shape index (κ2) is 11.3. The number of amides is 1. The molecule has 0 heterocycles. The van der Waals surface area contributed by atoms with E-state index in [1.54, 1.807) is 0 Å². The molecule has 0 radical (unpaired) electrons. The molecule has 0 fully saturated rings. The third kappa shape index (κ3) is 8.52. The maximum atomic E-state index is 13.0. The molecule has 28 heavy (non-hydrogen) atoms. The molecule has 160 valence electrons. The number of carbonyl (C=O) groups excluding carboxylic acids is 1. The number of alkyl halides is 6. The zero-order valence-corrected chi connectivity index (χ0v) is 16.0. The molecule has 0 aliphatic carbocycles. The summed E-state index contributed by atoms with van der Waals surface area (Å²) in [6.07, 6.45) is -0.405. The van der Waals surface area contributed by atoms with Gasteiger partial charge in [-0.15, -0.1) is 0 Å². The Morgan fingerprint density at radius 1 is 0.821 bits per heavy atom. The first-order valence-corrected chi connectivity index (χ1v) is 9.64. The maximum Gasteiger partial charge on any atom is 0.417 e. The maximum absolute atomic E-state index is 13.0. The molecule has 0 unspecified atom stereocenters. The average Bonchev–Trinajstić information content (AvgIpc) is 2.61. The minimum Gasteiger partial charge on any atom is -0.352 e. The molecule has 0 aromatic heterocycles. The van der Waals surface area contributed by atoms with Crippen molar-refractivity contribution in [3.8, 4) is 0 Å². The van der Waals surface area contributed by atoms with Gasteiger partial charge in [-0.1, -0.05) is 58.3 Å². The van der Waals surface area contributed by atoms with Gasteiger partial charge in [0.05, 0.1) is 16.7 Å². The number of unbranched alkanes of at least 4 members (excludes halogenated alkanes) is 8. The number of halogens is 6. The Balaban J connectivity index is 2.52. The lowest BCUT2D eigenvalue weighted by molar-refractivity contribution is -0.141. The predicted octanol–water partition coefficient (Wildman–Crippen LogP) is 6.98. The molecule has 0 saturated heterocycles. The molecule has 0 aliphatic heterocycles. The van der Waals surface area contributed by atoms with Gasteiger partial charge in [0.2, 0.25) is 0 Å². The van der Waals surface area contributed by atoms with E-state index in [2.05, 4.69) is 12.2 Å². The van der Waals surface area contributed by atoms with Crippen LogP contribution in [0.4, 0.5) is 26.3 Å². The first kappa shape index (κ1) is 24.3. The Morgan fingerprint density at radius 2 is 1.36 bits per heavy atom. The van der Waals surface area contributed by atoms with Crippen LogP contribution in [0, 0.1) is 0 Å². The highest BCUT2D eigenvalue weighted by atomic mass is 19.4. The van der Waals surface area contributed by atoms with E-state index in [0.717, 1.165) is 25.7 Å². The average molecular weight is 411 g/mol. The van der Waals surface area contributed by atoms with E-state index in [4.69, 9.17) is 0 Å². The Morgan fingerprint density at radius 3 is 1.86 bits per heavy atom. The molecule has 8 heteroatoms. The van der Waals surface area contributed by atoms with Crippen LogP contribution in [0.15, 0.2) is 18.2 Å². The van der Waals surface area contributed by atoms with E-state index < -0.39 is 35.0 Å². The first-order chi connectivity index (χ1) is 13.1. The summed E-state index contributed by atoms with van der Waals surface area (Å²) in [5, 5.41) is 2.30. The van der Waals surface area contributed by atoms with E-state index >= 15 is 0 Å². The van der Waals surface area contributed by atoms with Crippen molar-refractivity contribution in [2.24, 2.45) is 0 Å². The lowest BCUT2D eigenvalue weighted by Gasteiger charge is -2.15. The zero-order valence-electron chi connectivity index (χ0n) is 16.0. The predicted molar refractivity (Wildman–Crippen MR) is 96.0 cm³/mol. The molecule has 1 rings (SSSR count). The highest BCUT2D eigenvalue weighted by molar-refractivity contribution is 5.96. The van der Waals surface area contributed by atoms with Crippen LogP contribution in [0.3, 0.4) is 0 Å².